The summed E-state index contributed by atoms with van der Waals surface area (Å²) in [6.07, 6.45) is 2.39. The zero-order chi connectivity index (χ0) is 17.4. The summed E-state index contributed by atoms with van der Waals surface area (Å²) < 4.78 is 11.5. The predicted octanol–water partition coefficient (Wildman–Crippen LogP) is 3.00. The summed E-state index contributed by atoms with van der Waals surface area (Å²) in [6, 6.07) is 9.54. The van der Waals surface area contributed by atoms with Crippen LogP contribution in [0.4, 0.5) is 0 Å². The molecule has 1 atom stereocenters. The third-order valence-corrected chi connectivity index (χ3v) is 4.68. The monoisotopic (exact) mass is 340 g/mol. The van der Waals surface area contributed by atoms with Gasteiger partial charge in [-0.1, -0.05) is 18.2 Å². The number of rotatable bonds is 4. The smallest absolute Gasteiger partial charge is 0.360 e. The number of oxazole rings is 1. The summed E-state index contributed by atoms with van der Waals surface area (Å²) >= 11 is 0. The van der Waals surface area contributed by atoms with Gasteiger partial charge in [-0.15, -0.1) is 0 Å². The highest BCUT2D eigenvalue weighted by Crippen LogP contribution is 2.43. The fourth-order valence-electron chi connectivity index (χ4n) is 3.12. The van der Waals surface area contributed by atoms with Crippen LogP contribution in [0.25, 0.3) is 11.5 Å². The number of esters is 1. The molecule has 1 aromatic carbocycles. The minimum atomic E-state index is -0.455. The number of amides is 1. The first-order valence-corrected chi connectivity index (χ1v) is 8.64. The average Bonchev–Trinajstić information content (AvgIpc) is 3.18. The standard InChI is InChI=1S/C19H20N2O4/c1-12(22)21-10-9-15(11-21)24-19(23)16-17(13-7-8-13)25-18(20-16)14-5-3-2-4-6-14/h2-6,13,15H,7-11H2,1H3. The van der Waals surface area contributed by atoms with E-state index in [2.05, 4.69) is 4.98 Å². The molecule has 1 amide bonds. The molecule has 4 rings (SSSR count). The van der Waals surface area contributed by atoms with Crippen molar-refractivity contribution in [3.8, 4) is 11.5 Å². The molecule has 2 aliphatic rings. The van der Waals surface area contributed by atoms with Gasteiger partial charge in [0.25, 0.3) is 0 Å². The van der Waals surface area contributed by atoms with Gasteiger partial charge in [0.2, 0.25) is 11.8 Å². The summed E-state index contributed by atoms with van der Waals surface area (Å²) in [7, 11) is 0. The fourth-order valence-corrected chi connectivity index (χ4v) is 3.12. The highest BCUT2D eigenvalue weighted by Gasteiger charge is 2.36. The van der Waals surface area contributed by atoms with Gasteiger partial charge in [0, 0.05) is 31.4 Å². The number of carbonyl (C=O) groups excluding carboxylic acids is 2. The van der Waals surface area contributed by atoms with Crippen LogP contribution >= 0.6 is 0 Å². The molecule has 1 aliphatic carbocycles. The summed E-state index contributed by atoms with van der Waals surface area (Å²) in [4.78, 5) is 30.2. The van der Waals surface area contributed by atoms with E-state index in [4.69, 9.17) is 9.15 Å². The average molecular weight is 340 g/mol. The Hall–Kier alpha value is -2.63. The number of aromatic nitrogens is 1. The number of nitrogens with zero attached hydrogens (tertiary/aromatic N) is 2. The van der Waals surface area contributed by atoms with E-state index in [-0.39, 0.29) is 23.6 Å². The molecule has 1 aliphatic heterocycles. The van der Waals surface area contributed by atoms with E-state index >= 15 is 0 Å². The van der Waals surface area contributed by atoms with E-state index in [0.717, 1.165) is 18.4 Å². The first-order chi connectivity index (χ1) is 12.1. The maximum absolute atomic E-state index is 12.6. The predicted molar refractivity (Wildman–Crippen MR) is 90.0 cm³/mol. The van der Waals surface area contributed by atoms with Gasteiger partial charge in [0.1, 0.15) is 11.9 Å². The second kappa shape index (κ2) is 6.35. The number of carbonyl (C=O) groups is 2. The molecule has 6 nitrogen and oxygen atoms in total. The number of benzene rings is 1. The summed E-state index contributed by atoms with van der Waals surface area (Å²) in [6.45, 7) is 2.60. The maximum Gasteiger partial charge on any atom is 0.360 e. The Kier molecular flexibility index (Phi) is 4.03. The lowest BCUT2D eigenvalue weighted by Gasteiger charge is -2.14. The van der Waals surface area contributed by atoms with Crippen molar-refractivity contribution in [2.75, 3.05) is 13.1 Å². The third-order valence-electron chi connectivity index (χ3n) is 4.68. The Morgan fingerprint density at radius 3 is 2.60 bits per heavy atom. The van der Waals surface area contributed by atoms with Crippen LogP contribution in [0.1, 0.15) is 48.4 Å². The molecule has 0 N–H and O–H groups in total. The topological polar surface area (TPSA) is 72.6 Å². The molecule has 130 valence electrons. The highest BCUT2D eigenvalue weighted by molar-refractivity contribution is 5.89. The lowest BCUT2D eigenvalue weighted by molar-refractivity contribution is -0.128. The molecule has 1 aromatic heterocycles. The zero-order valence-corrected chi connectivity index (χ0v) is 14.1. The third kappa shape index (κ3) is 3.29. The van der Waals surface area contributed by atoms with Gasteiger partial charge in [-0.25, -0.2) is 9.78 Å². The van der Waals surface area contributed by atoms with E-state index in [1.54, 1.807) is 4.90 Å². The van der Waals surface area contributed by atoms with Crippen molar-refractivity contribution in [3.05, 3.63) is 41.8 Å². The zero-order valence-electron chi connectivity index (χ0n) is 14.1. The van der Waals surface area contributed by atoms with Gasteiger partial charge >= 0.3 is 5.97 Å². The Bertz CT molecular complexity index is 795. The molecule has 2 fully saturated rings. The van der Waals surface area contributed by atoms with Gasteiger partial charge < -0.3 is 14.1 Å². The lowest BCUT2D eigenvalue weighted by atomic mass is 10.2. The van der Waals surface area contributed by atoms with Crippen molar-refractivity contribution in [1.29, 1.82) is 0 Å². The van der Waals surface area contributed by atoms with E-state index in [1.807, 2.05) is 30.3 Å². The normalized spacial score (nSPS) is 19.9. The largest absolute Gasteiger partial charge is 0.456 e. The molecule has 2 aromatic rings. The summed E-state index contributed by atoms with van der Waals surface area (Å²) in [5.41, 5.74) is 1.12. The van der Waals surface area contributed by atoms with Crippen molar-refractivity contribution in [2.24, 2.45) is 0 Å². The van der Waals surface area contributed by atoms with E-state index in [0.29, 0.717) is 31.2 Å². The molecule has 0 spiro atoms. The van der Waals surface area contributed by atoms with E-state index in [1.165, 1.54) is 6.92 Å². The fraction of sp³-hybridized carbons (Fsp3) is 0.421. The second-order valence-electron chi connectivity index (χ2n) is 6.65. The molecule has 2 heterocycles. The Morgan fingerprint density at radius 1 is 1.20 bits per heavy atom. The lowest BCUT2D eigenvalue weighted by Crippen LogP contribution is -2.28. The first-order valence-electron chi connectivity index (χ1n) is 8.64. The molecule has 1 saturated carbocycles. The molecule has 6 heteroatoms. The number of hydrogen-bond acceptors (Lipinski definition) is 5. The van der Waals surface area contributed by atoms with Gasteiger partial charge in [0.15, 0.2) is 5.69 Å². The van der Waals surface area contributed by atoms with Crippen molar-refractivity contribution >= 4 is 11.9 Å². The number of ether oxygens (including phenoxy) is 1. The first kappa shape index (κ1) is 15.9. The van der Waals surface area contributed by atoms with Crippen LogP contribution in [0.5, 0.6) is 0 Å². The Labute approximate surface area is 145 Å². The molecular formula is C19H20N2O4. The molecule has 1 saturated heterocycles. The van der Waals surface area contributed by atoms with Crippen LogP contribution in [0.3, 0.4) is 0 Å². The second-order valence-corrected chi connectivity index (χ2v) is 6.65. The van der Waals surface area contributed by atoms with Gasteiger partial charge in [-0.3, -0.25) is 4.79 Å². The molecule has 0 bridgehead atoms. The Morgan fingerprint density at radius 2 is 1.96 bits per heavy atom. The van der Waals surface area contributed by atoms with Crippen LogP contribution in [-0.2, 0) is 9.53 Å². The number of likely N-dealkylation sites (tertiary alicyclic amines) is 1. The van der Waals surface area contributed by atoms with Crippen molar-refractivity contribution < 1.29 is 18.7 Å². The number of hydrogen-bond donors (Lipinski definition) is 0. The quantitative estimate of drug-likeness (QED) is 0.800. The minimum absolute atomic E-state index is 0.00465. The van der Waals surface area contributed by atoms with Crippen molar-refractivity contribution in [2.45, 2.75) is 38.2 Å². The maximum atomic E-state index is 12.6. The van der Waals surface area contributed by atoms with Crippen LogP contribution in [0, 0.1) is 0 Å². The summed E-state index contributed by atoms with van der Waals surface area (Å²) in [5, 5.41) is 0. The van der Waals surface area contributed by atoms with E-state index < -0.39 is 5.97 Å². The van der Waals surface area contributed by atoms with Crippen LogP contribution in [0.2, 0.25) is 0 Å². The molecule has 1 unspecified atom stereocenters. The summed E-state index contributed by atoms with van der Waals surface area (Å²) in [5.74, 6) is 0.884. The highest BCUT2D eigenvalue weighted by atomic mass is 16.5. The SMILES string of the molecule is CC(=O)N1CCC(OC(=O)c2nc(-c3ccccc3)oc2C2CC2)C1. The molecule has 25 heavy (non-hydrogen) atoms. The van der Waals surface area contributed by atoms with Crippen LogP contribution in [0.15, 0.2) is 34.7 Å². The molecule has 0 radical (unpaired) electrons. The van der Waals surface area contributed by atoms with Gasteiger partial charge in [-0.2, -0.15) is 0 Å². The van der Waals surface area contributed by atoms with Crippen LogP contribution in [-0.4, -0.2) is 41.0 Å². The Balaban J connectivity index is 1.54. The van der Waals surface area contributed by atoms with Crippen molar-refractivity contribution in [3.63, 3.8) is 0 Å². The van der Waals surface area contributed by atoms with Crippen molar-refractivity contribution in [1.82, 2.24) is 9.88 Å². The van der Waals surface area contributed by atoms with Gasteiger partial charge in [0.05, 0.1) is 6.54 Å². The molecular weight excluding hydrogens is 320 g/mol. The van der Waals surface area contributed by atoms with E-state index in [9.17, 15) is 9.59 Å². The van der Waals surface area contributed by atoms with Crippen LogP contribution < -0.4 is 0 Å². The van der Waals surface area contributed by atoms with Gasteiger partial charge in [-0.05, 0) is 25.0 Å². The minimum Gasteiger partial charge on any atom is -0.456 e.